The van der Waals surface area contributed by atoms with Crippen LogP contribution in [0.1, 0.15) is 24.8 Å². The van der Waals surface area contributed by atoms with E-state index in [0.29, 0.717) is 18.7 Å². The van der Waals surface area contributed by atoms with E-state index < -0.39 is 10.0 Å². The Hall–Kier alpha value is -0.470. The van der Waals surface area contributed by atoms with Gasteiger partial charge in [0.25, 0.3) is 0 Å². The molecule has 1 aliphatic heterocycles. The van der Waals surface area contributed by atoms with Gasteiger partial charge in [-0.05, 0) is 36.3 Å². The van der Waals surface area contributed by atoms with Crippen molar-refractivity contribution in [2.75, 3.05) is 13.2 Å². The van der Waals surface area contributed by atoms with Gasteiger partial charge in [-0.3, -0.25) is 0 Å². The van der Waals surface area contributed by atoms with Crippen LogP contribution < -0.4 is 4.72 Å². The second kappa shape index (κ2) is 6.12. The molecule has 1 saturated heterocycles. The fourth-order valence-corrected chi connectivity index (χ4v) is 4.13. The van der Waals surface area contributed by atoms with Gasteiger partial charge in [0, 0.05) is 13.2 Å². The lowest BCUT2D eigenvalue weighted by molar-refractivity contribution is 0.0200. The summed E-state index contributed by atoms with van der Waals surface area (Å²) in [6, 6.07) is 1.49. The lowest BCUT2D eigenvalue weighted by Crippen LogP contribution is -2.35. The van der Waals surface area contributed by atoms with Crippen molar-refractivity contribution in [3.05, 3.63) is 17.0 Å². The molecule has 0 aliphatic carbocycles. The smallest absolute Gasteiger partial charge is 0.250 e. The zero-order valence-electron chi connectivity index (χ0n) is 9.96. The van der Waals surface area contributed by atoms with Crippen LogP contribution in [0.25, 0.3) is 0 Å². The fourth-order valence-electron chi connectivity index (χ4n) is 1.82. The number of thiophene rings is 1. The van der Waals surface area contributed by atoms with E-state index in [4.69, 9.17) is 9.84 Å². The second-order valence-electron chi connectivity index (χ2n) is 4.27. The SMILES string of the molecule is O=S(=O)(NCC1CCCCO1)c1cc(CO)cs1. The second-order valence-corrected chi connectivity index (χ2v) is 7.18. The summed E-state index contributed by atoms with van der Waals surface area (Å²) in [4.78, 5) is 0. The van der Waals surface area contributed by atoms with Gasteiger partial charge in [-0.25, -0.2) is 13.1 Å². The lowest BCUT2D eigenvalue weighted by Gasteiger charge is -2.22. The summed E-state index contributed by atoms with van der Waals surface area (Å²) in [7, 11) is -3.47. The van der Waals surface area contributed by atoms with Crippen LogP contribution in [0.4, 0.5) is 0 Å². The quantitative estimate of drug-likeness (QED) is 0.851. The van der Waals surface area contributed by atoms with Gasteiger partial charge < -0.3 is 9.84 Å². The van der Waals surface area contributed by atoms with Crippen molar-refractivity contribution in [1.29, 1.82) is 0 Å². The number of hydrogen-bond acceptors (Lipinski definition) is 5. The molecule has 2 rings (SSSR count). The third-order valence-electron chi connectivity index (χ3n) is 2.85. The predicted molar refractivity (Wildman–Crippen MR) is 69.0 cm³/mol. The van der Waals surface area contributed by atoms with Crippen LogP contribution in [-0.4, -0.2) is 32.8 Å². The summed E-state index contributed by atoms with van der Waals surface area (Å²) < 4.78 is 32.2. The van der Waals surface area contributed by atoms with Crippen molar-refractivity contribution in [3.8, 4) is 0 Å². The molecule has 18 heavy (non-hydrogen) atoms. The predicted octanol–water partition coefficient (Wildman–Crippen LogP) is 1.09. The molecule has 1 aliphatic rings. The highest BCUT2D eigenvalue weighted by Crippen LogP contribution is 2.20. The monoisotopic (exact) mass is 291 g/mol. The van der Waals surface area contributed by atoms with Crippen molar-refractivity contribution in [3.63, 3.8) is 0 Å². The third kappa shape index (κ3) is 3.52. The molecule has 2 N–H and O–H groups in total. The van der Waals surface area contributed by atoms with Crippen molar-refractivity contribution < 1.29 is 18.3 Å². The van der Waals surface area contributed by atoms with Crippen LogP contribution in [-0.2, 0) is 21.4 Å². The van der Waals surface area contributed by atoms with Gasteiger partial charge in [0.05, 0.1) is 12.7 Å². The van der Waals surface area contributed by atoms with Crippen molar-refractivity contribution in [2.24, 2.45) is 0 Å². The topological polar surface area (TPSA) is 75.6 Å². The summed E-state index contributed by atoms with van der Waals surface area (Å²) in [5.41, 5.74) is 0.620. The van der Waals surface area contributed by atoms with Gasteiger partial charge in [0.2, 0.25) is 10.0 Å². The maximum absolute atomic E-state index is 12.0. The van der Waals surface area contributed by atoms with Crippen molar-refractivity contribution in [2.45, 2.75) is 36.2 Å². The molecular weight excluding hydrogens is 274 g/mol. The molecule has 5 nitrogen and oxygen atoms in total. The summed E-state index contributed by atoms with van der Waals surface area (Å²) in [6.07, 6.45) is 3.01. The molecule has 1 unspecified atom stereocenters. The third-order valence-corrected chi connectivity index (χ3v) is 5.76. The highest BCUT2D eigenvalue weighted by atomic mass is 32.2. The number of aliphatic hydroxyl groups is 1. The summed E-state index contributed by atoms with van der Waals surface area (Å²) in [6.45, 7) is 0.881. The zero-order valence-corrected chi connectivity index (χ0v) is 11.6. The Morgan fingerprint density at radius 2 is 2.33 bits per heavy atom. The van der Waals surface area contributed by atoms with E-state index in [-0.39, 0.29) is 16.9 Å². The molecule has 1 aromatic rings. The number of nitrogens with one attached hydrogen (secondary N) is 1. The van der Waals surface area contributed by atoms with Crippen LogP contribution in [0.15, 0.2) is 15.7 Å². The number of aliphatic hydroxyl groups excluding tert-OH is 1. The molecule has 0 spiro atoms. The minimum Gasteiger partial charge on any atom is -0.392 e. The van der Waals surface area contributed by atoms with E-state index in [0.717, 1.165) is 30.6 Å². The average Bonchev–Trinajstić information content (AvgIpc) is 2.87. The Balaban J connectivity index is 1.94. The summed E-state index contributed by atoms with van der Waals surface area (Å²) >= 11 is 1.12. The van der Waals surface area contributed by atoms with Crippen LogP contribution in [0.3, 0.4) is 0 Å². The van der Waals surface area contributed by atoms with Gasteiger partial charge in [-0.15, -0.1) is 11.3 Å². The number of ether oxygens (including phenoxy) is 1. The molecule has 7 heteroatoms. The van der Waals surface area contributed by atoms with E-state index in [1.807, 2.05) is 0 Å². The summed E-state index contributed by atoms with van der Waals surface area (Å²) in [5, 5.41) is 10.6. The molecule has 1 aromatic heterocycles. The Bertz CT molecular complexity index is 477. The van der Waals surface area contributed by atoms with Gasteiger partial charge in [-0.2, -0.15) is 0 Å². The minimum absolute atomic E-state index is 0.0224. The van der Waals surface area contributed by atoms with E-state index in [1.54, 1.807) is 5.38 Å². The average molecular weight is 291 g/mol. The number of hydrogen-bond donors (Lipinski definition) is 2. The molecular formula is C11H17NO4S2. The normalized spacial score (nSPS) is 21.1. The zero-order chi connectivity index (χ0) is 13.0. The van der Waals surface area contributed by atoms with Crippen LogP contribution in [0.2, 0.25) is 0 Å². The summed E-state index contributed by atoms with van der Waals surface area (Å²) in [5.74, 6) is 0. The Kier molecular flexibility index (Phi) is 4.74. The Morgan fingerprint density at radius 1 is 1.50 bits per heavy atom. The van der Waals surface area contributed by atoms with E-state index in [9.17, 15) is 8.42 Å². The van der Waals surface area contributed by atoms with Gasteiger partial charge in [0.15, 0.2) is 0 Å². The maximum Gasteiger partial charge on any atom is 0.250 e. The van der Waals surface area contributed by atoms with Gasteiger partial charge >= 0.3 is 0 Å². The van der Waals surface area contributed by atoms with Gasteiger partial charge in [-0.1, -0.05) is 0 Å². The van der Waals surface area contributed by atoms with Crippen molar-refractivity contribution in [1.82, 2.24) is 4.72 Å². The Morgan fingerprint density at radius 3 is 2.94 bits per heavy atom. The molecule has 0 saturated carbocycles. The lowest BCUT2D eigenvalue weighted by atomic mass is 10.1. The first-order valence-electron chi connectivity index (χ1n) is 5.91. The number of sulfonamides is 1. The maximum atomic E-state index is 12.0. The van der Waals surface area contributed by atoms with Crippen molar-refractivity contribution >= 4 is 21.4 Å². The molecule has 0 aromatic carbocycles. The first-order chi connectivity index (χ1) is 8.62. The molecule has 1 fully saturated rings. The molecule has 0 amide bonds. The van der Waals surface area contributed by atoms with Crippen LogP contribution in [0.5, 0.6) is 0 Å². The van der Waals surface area contributed by atoms with Gasteiger partial charge in [0.1, 0.15) is 4.21 Å². The molecule has 2 heterocycles. The first-order valence-corrected chi connectivity index (χ1v) is 8.27. The van der Waals surface area contributed by atoms with E-state index in [2.05, 4.69) is 4.72 Å². The van der Waals surface area contributed by atoms with Crippen LogP contribution >= 0.6 is 11.3 Å². The van der Waals surface area contributed by atoms with E-state index >= 15 is 0 Å². The highest BCUT2D eigenvalue weighted by Gasteiger charge is 2.20. The van der Waals surface area contributed by atoms with E-state index in [1.165, 1.54) is 6.07 Å². The highest BCUT2D eigenvalue weighted by molar-refractivity contribution is 7.91. The fraction of sp³-hybridized carbons (Fsp3) is 0.636. The minimum atomic E-state index is -3.47. The first kappa shape index (κ1) is 14.0. The molecule has 0 radical (unpaired) electrons. The Labute approximate surface area is 111 Å². The number of rotatable bonds is 5. The largest absolute Gasteiger partial charge is 0.392 e. The molecule has 0 bridgehead atoms. The molecule has 1 atom stereocenters. The molecule has 102 valence electrons. The van der Waals surface area contributed by atoms with Crippen LogP contribution in [0, 0.1) is 0 Å². The standard InChI is InChI=1S/C11H17NO4S2/c13-7-9-5-11(17-8-9)18(14,15)12-6-10-3-1-2-4-16-10/h5,8,10,12-13H,1-4,6-7H2.